The summed E-state index contributed by atoms with van der Waals surface area (Å²) in [5, 5.41) is 0. The fourth-order valence-corrected chi connectivity index (χ4v) is 2.91. The zero-order valence-corrected chi connectivity index (χ0v) is 11.5. The van der Waals surface area contributed by atoms with Crippen LogP contribution in [0.4, 0.5) is 0 Å². The smallest absolute Gasteiger partial charge is 0.266 e. The van der Waals surface area contributed by atoms with Gasteiger partial charge in [-0.3, -0.25) is 4.55 Å². The van der Waals surface area contributed by atoms with Gasteiger partial charge in [0.15, 0.2) is 0 Å². The van der Waals surface area contributed by atoms with E-state index in [1.807, 2.05) is 6.92 Å². The van der Waals surface area contributed by atoms with Gasteiger partial charge < -0.3 is 0 Å². The molecule has 102 valence electrons. The van der Waals surface area contributed by atoms with E-state index in [-0.39, 0.29) is 11.4 Å². The van der Waals surface area contributed by atoms with Gasteiger partial charge in [-0.25, -0.2) is 13.1 Å². The number of rotatable bonds is 6. The van der Waals surface area contributed by atoms with E-state index in [1.165, 1.54) is 12.1 Å². The van der Waals surface area contributed by atoms with Crippen molar-refractivity contribution in [2.24, 2.45) is 0 Å². The second-order valence-corrected chi connectivity index (χ2v) is 7.02. The Bertz CT molecular complexity index is 607. The second kappa shape index (κ2) is 5.79. The fraction of sp³-hybridized carbons (Fsp3) is 0.400. The van der Waals surface area contributed by atoms with Crippen molar-refractivity contribution in [1.29, 1.82) is 0 Å². The number of benzene rings is 1. The first-order valence-electron chi connectivity index (χ1n) is 5.28. The summed E-state index contributed by atoms with van der Waals surface area (Å²) in [4.78, 5) is 0.0807. The van der Waals surface area contributed by atoms with Crippen LogP contribution in [0.25, 0.3) is 0 Å². The maximum absolute atomic E-state index is 11.8. The molecule has 18 heavy (non-hydrogen) atoms. The molecule has 0 saturated carbocycles. The van der Waals surface area contributed by atoms with Crippen molar-refractivity contribution in [2.45, 2.75) is 18.2 Å². The monoisotopic (exact) mass is 293 g/mol. The van der Waals surface area contributed by atoms with Gasteiger partial charge in [0.05, 0.1) is 10.6 Å². The summed E-state index contributed by atoms with van der Waals surface area (Å²) in [7, 11) is -7.91. The zero-order chi connectivity index (χ0) is 13.8. The zero-order valence-electron chi connectivity index (χ0n) is 9.83. The molecule has 0 heterocycles. The van der Waals surface area contributed by atoms with Gasteiger partial charge in [-0.05, 0) is 24.1 Å². The van der Waals surface area contributed by atoms with Crippen LogP contribution in [-0.4, -0.2) is 33.7 Å². The van der Waals surface area contributed by atoms with Crippen molar-refractivity contribution in [2.75, 3.05) is 12.3 Å². The van der Waals surface area contributed by atoms with E-state index in [2.05, 4.69) is 4.72 Å². The standard InChI is InChI=1S/C10H15NO5S2/c1-2-9-4-3-5-10(8-9)18(15,16)11-6-7-17(12,13)14/h3-5,8,11H,2,6-7H2,1H3,(H,12,13,14). The average molecular weight is 293 g/mol. The van der Waals surface area contributed by atoms with Crippen LogP contribution >= 0.6 is 0 Å². The Balaban J connectivity index is 2.80. The molecule has 0 spiro atoms. The number of hydrogen-bond acceptors (Lipinski definition) is 4. The molecule has 0 unspecified atom stereocenters. The summed E-state index contributed by atoms with van der Waals surface area (Å²) >= 11 is 0. The van der Waals surface area contributed by atoms with Gasteiger partial charge in [-0.15, -0.1) is 0 Å². The van der Waals surface area contributed by atoms with Gasteiger partial charge in [0.1, 0.15) is 0 Å². The van der Waals surface area contributed by atoms with Crippen LogP contribution < -0.4 is 4.72 Å². The molecule has 0 aliphatic heterocycles. The number of aryl methyl sites for hydroxylation is 1. The highest BCUT2D eigenvalue weighted by atomic mass is 32.2. The highest BCUT2D eigenvalue weighted by molar-refractivity contribution is 7.89. The highest BCUT2D eigenvalue weighted by Crippen LogP contribution is 2.11. The van der Waals surface area contributed by atoms with Gasteiger partial charge in [-0.1, -0.05) is 19.1 Å². The maximum Gasteiger partial charge on any atom is 0.266 e. The molecule has 1 aromatic rings. The third-order valence-electron chi connectivity index (χ3n) is 2.27. The van der Waals surface area contributed by atoms with Crippen LogP contribution in [0, 0.1) is 0 Å². The minimum Gasteiger partial charge on any atom is -0.286 e. The first-order chi connectivity index (χ1) is 8.24. The summed E-state index contributed by atoms with van der Waals surface area (Å²) in [6.45, 7) is 1.54. The Morgan fingerprint density at radius 2 is 1.89 bits per heavy atom. The van der Waals surface area contributed by atoms with E-state index in [0.717, 1.165) is 5.56 Å². The molecule has 0 atom stereocenters. The lowest BCUT2D eigenvalue weighted by Crippen LogP contribution is -2.29. The lowest BCUT2D eigenvalue weighted by molar-refractivity contribution is 0.482. The van der Waals surface area contributed by atoms with Crippen molar-refractivity contribution in [3.05, 3.63) is 29.8 Å². The second-order valence-electron chi connectivity index (χ2n) is 3.68. The molecule has 0 saturated heterocycles. The first kappa shape index (κ1) is 15.1. The van der Waals surface area contributed by atoms with Crippen molar-refractivity contribution in [3.63, 3.8) is 0 Å². The van der Waals surface area contributed by atoms with Crippen molar-refractivity contribution in [1.82, 2.24) is 4.72 Å². The summed E-state index contributed by atoms with van der Waals surface area (Å²) < 4.78 is 55.2. The van der Waals surface area contributed by atoms with Gasteiger partial charge >= 0.3 is 0 Å². The SMILES string of the molecule is CCc1cccc(S(=O)(=O)NCCS(=O)(=O)O)c1. The molecule has 0 bridgehead atoms. The molecule has 0 aliphatic rings. The quantitative estimate of drug-likeness (QED) is 0.740. The summed E-state index contributed by atoms with van der Waals surface area (Å²) in [6.07, 6.45) is 0.703. The molecule has 1 rings (SSSR count). The van der Waals surface area contributed by atoms with Crippen LogP contribution in [0.3, 0.4) is 0 Å². The predicted molar refractivity (Wildman–Crippen MR) is 67.4 cm³/mol. The van der Waals surface area contributed by atoms with Crippen LogP contribution in [0.15, 0.2) is 29.2 Å². The Morgan fingerprint density at radius 1 is 1.22 bits per heavy atom. The molecule has 8 heteroatoms. The average Bonchev–Trinajstić information content (AvgIpc) is 2.27. The third-order valence-corrected chi connectivity index (χ3v) is 4.45. The molecule has 0 aliphatic carbocycles. The predicted octanol–water partition coefficient (Wildman–Crippen LogP) is 0.415. The van der Waals surface area contributed by atoms with Crippen molar-refractivity contribution in [3.8, 4) is 0 Å². The normalized spacial score (nSPS) is 12.6. The van der Waals surface area contributed by atoms with Gasteiger partial charge in [0.2, 0.25) is 10.0 Å². The van der Waals surface area contributed by atoms with E-state index in [9.17, 15) is 16.8 Å². The topological polar surface area (TPSA) is 101 Å². The largest absolute Gasteiger partial charge is 0.286 e. The van der Waals surface area contributed by atoms with Crippen LogP contribution in [0.5, 0.6) is 0 Å². The number of nitrogens with one attached hydrogen (secondary N) is 1. The van der Waals surface area contributed by atoms with Gasteiger partial charge in [0, 0.05) is 6.54 Å². The van der Waals surface area contributed by atoms with E-state index in [1.54, 1.807) is 12.1 Å². The third kappa shape index (κ3) is 4.73. The van der Waals surface area contributed by atoms with E-state index in [4.69, 9.17) is 4.55 Å². The van der Waals surface area contributed by atoms with Crippen molar-refractivity contribution < 1.29 is 21.4 Å². The highest BCUT2D eigenvalue weighted by Gasteiger charge is 2.15. The summed E-state index contributed by atoms with van der Waals surface area (Å²) in [6, 6.07) is 6.37. The Morgan fingerprint density at radius 3 is 2.44 bits per heavy atom. The van der Waals surface area contributed by atoms with Gasteiger partial charge in [0.25, 0.3) is 10.1 Å². The Kier molecular flexibility index (Phi) is 4.85. The van der Waals surface area contributed by atoms with Crippen LogP contribution in [-0.2, 0) is 26.6 Å². The molecular weight excluding hydrogens is 278 g/mol. The van der Waals surface area contributed by atoms with Gasteiger partial charge in [-0.2, -0.15) is 8.42 Å². The maximum atomic E-state index is 11.8. The van der Waals surface area contributed by atoms with E-state index >= 15 is 0 Å². The summed E-state index contributed by atoms with van der Waals surface area (Å²) in [5.74, 6) is -0.653. The summed E-state index contributed by atoms with van der Waals surface area (Å²) in [5.41, 5.74) is 0.868. The molecule has 0 fully saturated rings. The number of hydrogen-bond donors (Lipinski definition) is 2. The molecular formula is C10H15NO5S2. The molecule has 6 nitrogen and oxygen atoms in total. The van der Waals surface area contributed by atoms with E-state index in [0.29, 0.717) is 6.42 Å². The lowest BCUT2D eigenvalue weighted by atomic mass is 10.2. The minimum atomic E-state index is -4.17. The molecule has 0 aromatic heterocycles. The first-order valence-corrected chi connectivity index (χ1v) is 8.37. The van der Waals surface area contributed by atoms with Crippen LogP contribution in [0.1, 0.15) is 12.5 Å². The minimum absolute atomic E-state index is 0.0807. The Labute approximate surface area is 107 Å². The lowest BCUT2D eigenvalue weighted by Gasteiger charge is -2.07. The molecule has 1 aromatic carbocycles. The molecule has 2 N–H and O–H groups in total. The van der Waals surface area contributed by atoms with Crippen LogP contribution in [0.2, 0.25) is 0 Å². The van der Waals surface area contributed by atoms with Crippen molar-refractivity contribution >= 4 is 20.1 Å². The number of sulfonamides is 1. The molecule has 0 radical (unpaired) electrons. The molecule has 0 amide bonds. The van der Waals surface area contributed by atoms with E-state index < -0.39 is 25.9 Å². The fourth-order valence-electron chi connectivity index (χ4n) is 1.32. The Hall–Kier alpha value is -0.960.